The lowest BCUT2D eigenvalue weighted by atomic mass is 10.1. The molecule has 0 saturated carbocycles. The first kappa shape index (κ1) is 23.3. The highest BCUT2D eigenvalue weighted by atomic mass is 79.9. The van der Waals surface area contributed by atoms with Crippen molar-refractivity contribution >= 4 is 50.6 Å². The number of para-hydroxylation sites is 1. The van der Waals surface area contributed by atoms with E-state index in [1.54, 1.807) is 12.1 Å². The largest absolute Gasteiger partial charge is 0.489 e. The standard InChI is InChI=1S/C22H16BrClF3N3O3/c23-16-5-4-13(9-15(16)22(25,26)27)30(20-17(24)8-12(11-31)10-29-20)21(32)14-2-1-3-18-19(14)33-7-6-28-18/h1-5,8-10,28,31H,6-7,11H2. The number of hydrogen-bond donors (Lipinski definition) is 2. The van der Waals surface area contributed by atoms with Crippen LogP contribution < -0.4 is 15.0 Å². The van der Waals surface area contributed by atoms with E-state index < -0.39 is 17.6 Å². The fourth-order valence-corrected chi connectivity index (χ4v) is 4.13. The van der Waals surface area contributed by atoms with Gasteiger partial charge in [-0.15, -0.1) is 0 Å². The van der Waals surface area contributed by atoms with Gasteiger partial charge in [0.15, 0.2) is 11.6 Å². The second-order valence-corrected chi connectivity index (χ2v) is 8.33. The molecular weight excluding hydrogens is 527 g/mol. The maximum absolute atomic E-state index is 13.7. The summed E-state index contributed by atoms with van der Waals surface area (Å²) in [4.78, 5) is 18.9. The fourth-order valence-electron chi connectivity index (χ4n) is 3.39. The third-order valence-electron chi connectivity index (χ3n) is 4.90. The molecule has 1 amide bonds. The molecule has 172 valence electrons. The average molecular weight is 543 g/mol. The summed E-state index contributed by atoms with van der Waals surface area (Å²) >= 11 is 9.26. The molecular formula is C22H16BrClF3N3O3. The number of aromatic nitrogens is 1. The van der Waals surface area contributed by atoms with Gasteiger partial charge in [-0.3, -0.25) is 9.69 Å². The first-order chi connectivity index (χ1) is 15.7. The predicted octanol–water partition coefficient (Wildman–Crippen LogP) is 5.79. The average Bonchev–Trinajstić information content (AvgIpc) is 2.80. The third kappa shape index (κ3) is 4.64. The Morgan fingerprint density at radius 1 is 1.27 bits per heavy atom. The molecule has 1 aromatic heterocycles. The van der Waals surface area contributed by atoms with Crippen LogP contribution in [0.2, 0.25) is 5.02 Å². The number of hydrogen-bond acceptors (Lipinski definition) is 5. The highest BCUT2D eigenvalue weighted by molar-refractivity contribution is 9.10. The molecule has 0 radical (unpaired) electrons. The summed E-state index contributed by atoms with van der Waals surface area (Å²) in [5.41, 5.74) is 0.0401. The molecule has 11 heteroatoms. The molecule has 6 nitrogen and oxygen atoms in total. The van der Waals surface area contributed by atoms with Crippen molar-refractivity contribution in [3.05, 3.63) is 74.8 Å². The lowest BCUT2D eigenvalue weighted by Gasteiger charge is -2.27. The summed E-state index contributed by atoms with van der Waals surface area (Å²) in [6, 6.07) is 9.68. The number of halogens is 5. The Labute approximate surface area is 200 Å². The van der Waals surface area contributed by atoms with Crippen LogP contribution in [0.5, 0.6) is 5.75 Å². The van der Waals surface area contributed by atoms with Crippen LogP contribution in [0.15, 0.2) is 53.1 Å². The second kappa shape index (κ2) is 9.20. The number of fused-ring (bicyclic) bond motifs is 1. The van der Waals surface area contributed by atoms with Gasteiger partial charge in [0.05, 0.1) is 34.1 Å². The Kier molecular flexibility index (Phi) is 6.51. The van der Waals surface area contributed by atoms with Gasteiger partial charge in [-0.05, 0) is 42.0 Å². The third-order valence-corrected chi connectivity index (χ3v) is 5.87. The molecule has 1 aliphatic heterocycles. The van der Waals surface area contributed by atoms with E-state index in [1.165, 1.54) is 30.5 Å². The van der Waals surface area contributed by atoms with Gasteiger partial charge in [-0.25, -0.2) is 4.98 Å². The number of anilines is 3. The summed E-state index contributed by atoms with van der Waals surface area (Å²) in [7, 11) is 0. The molecule has 0 atom stereocenters. The number of pyridine rings is 1. The molecule has 0 spiro atoms. The summed E-state index contributed by atoms with van der Waals surface area (Å²) in [6.45, 7) is 0.521. The van der Waals surface area contributed by atoms with Crippen molar-refractivity contribution in [2.75, 3.05) is 23.4 Å². The molecule has 0 saturated heterocycles. The van der Waals surface area contributed by atoms with Crippen LogP contribution in [0.1, 0.15) is 21.5 Å². The van der Waals surface area contributed by atoms with Gasteiger partial charge in [-0.1, -0.05) is 33.6 Å². The lowest BCUT2D eigenvalue weighted by Crippen LogP contribution is -2.29. The van der Waals surface area contributed by atoms with Crippen LogP contribution in [0.25, 0.3) is 0 Å². The first-order valence-corrected chi connectivity index (χ1v) is 10.8. The van der Waals surface area contributed by atoms with Gasteiger partial charge in [0, 0.05) is 17.2 Å². The predicted molar refractivity (Wildman–Crippen MR) is 121 cm³/mol. The zero-order valence-corrected chi connectivity index (χ0v) is 19.1. The molecule has 33 heavy (non-hydrogen) atoms. The van der Waals surface area contributed by atoms with Crippen molar-refractivity contribution in [1.29, 1.82) is 0 Å². The maximum atomic E-state index is 13.7. The second-order valence-electron chi connectivity index (χ2n) is 7.07. The number of ether oxygens (including phenoxy) is 1. The van der Waals surface area contributed by atoms with Gasteiger partial charge in [-0.2, -0.15) is 13.2 Å². The lowest BCUT2D eigenvalue weighted by molar-refractivity contribution is -0.138. The number of carbonyl (C=O) groups excluding carboxylic acids is 1. The smallest absolute Gasteiger partial charge is 0.417 e. The van der Waals surface area contributed by atoms with E-state index in [-0.39, 0.29) is 38.9 Å². The van der Waals surface area contributed by atoms with Crippen molar-refractivity contribution in [2.45, 2.75) is 12.8 Å². The molecule has 0 fully saturated rings. The quantitative estimate of drug-likeness (QED) is 0.437. The summed E-state index contributed by atoms with van der Waals surface area (Å²) in [5, 5.41) is 12.5. The van der Waals surface area contributed by atoms with Crippen molar-refractivity contribution in [1.82, 2.24) is 4.98 Å². The molecule has 2 aromatic carbocycles. The highest BCUT2D eigenvalue weighted by Gasteiger charge is 2.35. The Morgan fingerprint density at radius 3 is 2.76 bits per heavy atom. The first-order valence-electron chi connectivity index (χ1n) is 9.67. The fraction of sp³-hybridized carbons (Fsp3) is 0.182. The molecule has 2 heterocycles. The number of nitrogens with zero attached hydrogens (tertiary/aromatic N) is 2. The van der Waals surface area contributed by atoms with Crippen LogP contribution in [-0.2, 0) is 12.8 Å². The van der Waals surface area contributed by atoms with Crippen LogP contribution in [0, 0.1) is 0 Å². The van der Waals surface area contributed by atoms with E-state index in [2.05, 4.69) is 26.2 Å². The van der Waals surface area contributed by atoms with E-state index in [4.69, 9.17) is 16.3 Å². The summed E-state index contributed by atoms with van der Waals surface area (Å²) < 4.78 is 46.3. The monoisotopic (exact) mass is 541 g/mol. The molecule has 4 rings (SSSR count). The van der Waals surface area contributed by atoms with E-state index in [0.29, 0.717) is 24.4 Å². The summed E-state index contributed by atoms with van der Waals surface area (Å²) in [5.74, 6) is -0.483. The van der Waals surface area contributed by atoms with Gasteiger partial charge >= 0.3 is 6.18 Å². The minimum Gasteiger partial charge on any atom is -0.489 e. The van der Waals surface area contributed by atoms with Gasteiger partial charge in [0.2, 0.25) is 0 Å². The van der Waals surface area contributed by atoms with Crippen LogP contribution in [0.3, 0.4) is 0 Å². The van der Waals surface area contributed by atoms with E-state index >= 15 is 0 Å². The number of nitrogens with one attached hydrogen (secondary N) is 1. The van der Waals surface area contributed by atoms with E-state index in [0.717, 1.165) is 11.0 Å². The van der Waals surface area contributed by atoms with Crippen LogP contribution >= 0.6 is 27.5 Å². The number of carbonyl (C=O) groups is 1. The zero-order chi connectivity index (χ0) is 23.8. The number of amides is 1. The number of rotatable bonds is 4. The maximum Gasteiger partial charge on any atom is 0.417 e. The van der Waals surface area contributed by atoms with E-state index in [9.17, 15) is 23.1 Å². The molecule has 0 bridgehead atoms. The van der Waals surface area contributed by atoms with Gasteiger partial charge in [0.1, 0.15) is 6.61 Å². The Balaban J connectivity index is 1.91. The Hall–Kier alpha value is -2.82. The van der Waals surface area contributed by atoms with Gasteiger partial charge in [0.25, 0.3) is 5.91 Å². The van der Waals surface area contributed by atoms with Crippen LogP contribution in [-0.4, -0.2) is 29.1 Å². The summed E-state index contributed by atoms with van der Waals surface area (Å²) in [6.07, 6.45) is -3.37. The number of aliphatic hydroxyl groups is 1. The molecule has 0 aliphatic carbocycles. The SMILES string of the molecule is O=C(c1cccc2c1OCCN2)N(c1ccc(Br)c(C(F)(F)F)c1)c1ncc(CO)cc1Cl. The van der Waals surface area contributed by atoms with E-state index in [1.807, 2.05) is 0 Å². The minimum absolute atomic E-state index is 0.0183. The Bertz CT molecular complexity index is 1220. The number of aliphatic hydroxyl groups excluding tert-OH is 1. The van der Waals surface area contributed by atoms with Crippen molar-refractivity contribution < 1.29 is 27.8 Å². The Morgan fingerprint density at radius 2 is 2.06 bits per heavy atom. The molecule has 1 aliphatic rings. The van der Waals surface area contributed by atoms with Crippen molar-refractivity contribution in [3.63, 3.8) is 0 Å². The molecule has 3 aromatic rings. The highest BCUT2D eigenvalue weighted by Crippen LogP contribution is 2.41. The number of alkyl halides is 3. The molecule has 2 N–H and O–H groups in total. The molecule has 0 unspecified atom stereocenters. The zero-order valence-electron chi connectivity index (χ0n) is 16.8. The van der Waals surface area contributed by atoms with Crippen molar-refractivity contribution in [3.8, 4) is 5.75 Å². The van der Waals surface area contributed by atoms with Gasteiger partial charge < -0.3 is 15.2 Å². The number of benzene rings is 2. The van der Waals surface area contributed by atoms with Crippen molar-refractivity contribution in [2.24, 2.45) is 0 Å². The van der Waals surface area contributed by atoms with Crippen LogP contribution in [0.4, 0.5) is 30.4 Å². The minimum atomic E-state index is -4.67. The topological polar surface area (TPSA) is 74.7 Å². The normalized spacial score (nSPS) is 13.0.